The summed E-state index contributed by atoms with van der Waals surface area (Å²) in [5.74, 6) is 2.23. The van der Waals surface area contributed by atoms with E-state index in [-0.39, 0.29) is 11.9 Å². The fraction of sp³-hybridized carbons (Fsp3) is 0.412. The number of halogens is 1. The van der Waals surface area contributed by atoms with Crippen LogP contribution in [0.25, 0.3) is 0 Å². The minimum atomic E-state index is -0.129. The van der Waals surface area contributed by atoms with Gasteiger partial charge in [-0.05, 0) is 54.5 Å². The predicted molar refractivity (Wildman–Crippen MR) is 90.8 cm³/mol. The largest absolute Gasteiger partial charge is 0.306 e. The van der Waals surface area contributed by atoms with Gasteiger partial charge in [-0.15, -0.1) is 11.3 Å². The Morgan fingerprint density at radius 1 is 1.33 bits per heavy atom. The van der Waals surface area contributed by atoms with Crippen LogP contribution in [0.3, 0.4) is 0 Å². The molecule has 0 aliphatic carbocycles. The molecule has 1 aliphatic rings. The fourth-order valence-electron chi connectivity index (χ4n) is 2.75. The van der Waals surface area contributed by atoms with Gasteiger partial charge in [-0.25, -0.2) is 4.39 Å². The summed E-state index contributed by atoms with van der Waals surface area (Å²) in [5.41, 5.74) is 3.36. The number of rotatable bonds is 4. The molecule has 0 radical (unpaired) electrons. The van der Waals surface area contributed by atoms with Crippen LogP contribution < -0.4 is 5.32 Å². The smallest absolute Gasteiger partial charge is 0.126 e. The molecule has 0 saturated carbocycles. The Kier molecular flexibility index (Phi) is 4.67. The van der Waals surface area contributed by atoms with Crippen LogP contribution in [0.4, 0.5) is 4.39 Å². The minimum absolute atomic E-state index is 0.129. The second kappa shape index (κ2) is 6.51. The van der Waals surface area contributed by atoms with Gasteiger partial charge < -0.3 is 5.32 Å². The van der Waals surface area contributed by atoms with Crippen molar-refractivity contribution in [2.75, 3.05) is 12.3 Å². The Balaban J connectivity index is 1.96. The molecular formula is C17H20FNS2. The molecule has 0 bridgehead atoms. The van der Waals surface area contributed by atoms with Crippen molar-refractivity contribution in [2.24, 2.45) is 0 Å². The highest BCUT2D eigenvalue weighted by molar-refractivity contribution is 7.98. The second-order valence-electron chi connectivity index (χ2n) is 5.40. The van der Waals surface area contributed by atoms with Crippen molar-refractivity contribution in [3.63, 3.8) is 0 Å². The van der Waals surface area contributed by atoms with Gasteiger partial charge in [0, 0.05) is 15.5 Å². The van der Waals surface area contributed by atoms with Crippen molar-refractivity contribution in [3.05, 3.63) is 56.5 Å². The summed E-state index contributed by atoms with van der Waals surface area (Å²) >= 11 is 3.93. The number of fused-ring (bicyclic) bond motifs is 1. The third-order valence-corrected chi connectivity index (χ3v) is 6.16. The first kappa shape index (κ1) is 15.1. The quantitative estimate of drug-likeness (QED) is 0.877. The molecule has 112 valence electrons. The number of benzene rings is 1. The molecule has 0 saturated heterocycles. The third kappa shape index (κ3) is 3.17. The van der Waals surface area contributed by atoms with Crippen molar-refractivity contribution >= 4 is 23.1 Å². The molecule has 0 fully saturated rings. The Labute approximate surface area is 134 Å². The molecule has 1 aliphatic heterocycles. The number of hydrogen-bond donors (Lipinski definition) is 1. The molecule has 0 spiro atoms. The lowest BCUT2D eigenvalue weighted by Crippen LogP contribution is -2.21. The SMILES string of the molecule is CCNC(c1ccc(F)c(C)c1)c1cc2c(s1)CCSC2. The molecule has 4 heteroatoms. The Morgan fingerprint density at radius 3 is 2.90 bits per heavy atom. The lowest BCUT2D eigenvalue weighted by Gasteiger charge is -2.17. The zero-order valence-electron chi connectivity index (χ0n) is 12.4. The minimum Gasteiger partial charge on any atom is -0.306 e. The van der Waals surface area contributed by atoms with E-state index in [0.29, 0.717) is 5.56 Å². The zero-order valence-corrected chi connectivity index (χ0v) is 14.0. The van der Waals surface area contributed by atoms with Gasteiger partial charge in [0.05, 0.1) is 6.04 Å². The van der Waals surface area contributed by atoms with E-state index in [4.69, 9.17) is 0 Å². The van der Waals surface area contributed by atoms with Crippen LogP contribution in [0.1, 0.15) is 39.4 Å². The molecule has 2 aromatic rings. The number of thioether (sulfide) groups is 1. The topological polar surface area (TPSA) is 12.0 Å². The Hall–Kier alpha value is -0.840. The standard InChI is InChI=1S/C17H20FNS2/c1-3-19-17(12-4-5-14(18)11(2)8-12)16-9-13-10-20-7-6-15(13)21-16/h4-5,8-9,17,19H,3,6-7,10H2,1-2H3. The number of aryl methyl sites for hydroxylation is 2. The first-order valence-corrected chi connectivity index (χ1v) is 9.34. The van der Waals surface area contributed by atoms with E-state index in [0.717, 1.165) is 17.9 Å². The van der Waals surface area contributed by atoms with E-state index in [1.54, 1.807) is 6.07 Å². The maximum atomic E-state index is 13.5. The van der Waals surface area contributed by atoms with Gasteiger partial charge in [0.15, 0.2) is 0 Å². The van der Waals surface area contributed by atoms with E-state index in [2.05, 4.69) is 18.3 Å². The third-order valence-electron chi connectivity index (χ3n) is 3.85. The summed E-state index contributed by atoms with van der Waals surface area (Å²) in [6, 6.07) is 7.98. The van der Waals surface area contributed by atoms with Gasteiger partial charge in [-0.3, -0.25) is 0 Å². The van der Waals surface area contributed by atoms with E-state index in [1.165, 1.54) is 27.5 Å². The molecule has 21 heavy (non-hydrogen) atoms. The van der Waals surface area contributed by atoms with Gasteiger partial charge in [-0.2, -0.15) is 11.8 Å². The Bertz CT molecular complexity index is 612. The van der Waals surface area contributed by atoms with Gasteiger partial charge in [0.25, 0.3) is 0 Å². The summed E-state index contributed by atoms with van der Waals surface area (Å²) in [4.78, 5) is 2.89. The average Bonchev–Trinajstić information content (AvgIpc) is 2.91. The fourth-order valence-corrected chi connectivity index (χ4v) is 5.23. The molecular weight excluding hydrogens is 301 g/mol. The summed E-state index contributed by atoms with van der Waals surface area (Å²) in [6.07, 6.45) is 1.19. The van der Waals surface area contributed by atoms with Crippen LogP contribution in [0.5, 0.6) is 0 Å². The van der Waals surface area contributed by atoms with Gasteiger partial charge in [0.1, 0.15) is 5.82 Å². The summed E-state index contributed by atoms with van der Waals surface area (Å²) < 4.78 is 13.5. The number of thiophene rings is 1. The molecule has 1 aromatic heterocycles. The lowest BCUT2D eigenvalue weighted by molar-refractivity contribution is 0.609. The predicted octanol–water partition coefficient (Wildman–Crippen LogP) is 4.68. The van der Waals surface area contributed by atoms with Crippen molar-refractivity contribution in [1.82, 2.24) is 5.32 Å². The maximum absolute atomic E-state index is 13.5. The van der Waals surface area contributed by atoms with Crippen LogP contribution in [0.15, 0.2) is 24.3 Å². The number of nitrogens with one attached hydrogen (secondary N) is 1. The molecule has 0 amide bonds. The normalized spacial score (nSPS) is 15.8. The highest BCUT2D eigenvalue weighted by Crippen LogP contribution is 2.36. The van der Waals surface area contributed by atoms with Crippen LogP contribution in [-0.2, 0) is 12.2 Å². The van der Waals surface area contributed by atoms with E-state index < -0.39 is 0 Å². The van der Waals surface area contributed by atoms with Crippen molar-refractivity contribution in [3.8, 4) is 0 Å². The first-order chi connectivity index (χ1) is 10.2. The van der Waals surface area contributed by atoms with Gasteiger partial charge in [0.2, 0.25) is 0 Å². The zero-order chi connectivity index (χ0) is 14.8. The van der Waals surface area contributed by atoms with Crippen LogP contribution in [-0.4, -0.2) is 12.3 Å². The number of hydrogen-bond acceptors (Lipinski definition) is 3. The molecule has 1 atom stereocenters. The average molecular weight is 321 g/mol. The van der Waals surface area contributed by atoms with Gasteiger partial charge >= 0.3 is 0 Å². The van der Waals surface area contributed by atoms with E-state index in [9.17, 15) is 4.39 Å². The van der Waals surface area contributed by atoms with Crippen molar-refractivity contribution in [2.45, 2.75) is 32.1 Å². The molecule has 2 heterocycles. The maximum Gasteiger partial charge on any atom is 0.126 e. The van der Waals surface area contributed by atoms with Gasteiger partial charge in [-0.1, -0.05) is 19.1 Å². The highest BCUT2D eigenvalue weighted by Gasteiger charge is 2.20. The van der Waals surface area contributed by atoms with Crippen molar-refractivity contribution in [1.29, 1.82) is 0 Å². The monoisotopic (exact) mass is 321 g/mol. The summed E-state index contributed by atoms with van der Waals surface area (Å²) in [7, 11) is 0. The van der Waals surface area contributed by atoms with Crippen LogP contribution in [0.2, 0.25) is 0 Å². The van der Waals surface area contributed by atoms with E-state index >= 15 is 0 Å². The van der Waals surface area contributed by atoms with Crippen LogP contribution >= 0.6 is 23.1 Å². The van der Waals surface area contributed by atoms with Crippen molar-refractivity contribution < 1.29 is 4.39 Å². The summed E-state index contributed by atoms with van der Waals surface area (Å²) in [5, 5.41) is 3.55. The molecule has 1 N–H and O–H groups in total. The summed E-state index contributed by atoms with van der Waals surface area (Å²) in [6.45, 7) is 4.85. The molecule has 1 nitrogen and oxygen atoms in total. The van der Waals surface area contributed by atoms with E-state index in [1.807, 2.05) is 42.2 Å². The molecule has 1 unspecified atom stereocenters. The first-order valence-electron chi connectivity index (χ1n) is 7.37. The molecule has 3 rings (SSSR count). The molecule has 1 aromatic carbocycles. The van der Waals surface area contributed by atoms with Crippen LogP contribution in [0, 0.1) is 12.7 Å². The Morgan fingerprint density at radius 2 is 2.19 bits per heavy atom. The second-order valence-corrected chi connectivity index (χ2v) is 7.67. The highest BCUT2D eigenvalue weighted by atomic mass is 32.2. The lowest BCUT2D eigenvalue weighted by atomic mass is 10.0.